The van der Waals surface area contributed by atoms with Gasteiger partial charge in [0.15, 0.2) is 0 Å². The Morgan fingerprint density at radius 1 is 1.19 bits per heavy atom. The number of aliphatic hydroxyl groups excluding tert-OH is 1. The fourth-order valence-corrected chi connectivity index (χ4v) is 2.53. The van der Waals surface area contributed by atoms with Gasteiger partial charge in [-0.3, -0.25) is 0 Å². The lowest BCUT2D eigenvalue weighted by atomic mass is 9.87. The molecule has 1 aromatic heterocycles. The molecule has 0 spiro atoms. The zero-order valence-electron chi connectivity index (χ0n) is 12.8. The molecule has 2 rings (SSSR count). The standard InChI is InChI=1S/C14H25N5O2/c1-3-7-15-12-17-13(19-14(18-12)21-2)16-9-10-5-4-6-11(20)8-10/h10-11,20H,3-9H2,1-2H3,(H2,15,16,17,18,19). The summed E-state index contributed by atoms with van der Waals surface area (Å²) in [4.78, 5) is 12.7. The SMILES string of the molecule is CCCNc1nc(NCC2CCCC(O)C2)nc(OC)n1. The van der Waals surface area contributed by atoms with Crippen molar-refractivity contribution in [2.24, 2.45) is 5.92 Å². The van der Waals surface area contributed by atoms with Crippen LogP contribution in [0.3, 0.4) is 0 Å². The molecular weight excluding hydrogens is 270 g/mol. The predicted octanol–water partition coefficient (Wildman–Crippen LogP) is 1.67. The lowest BCUT2D eigenvalue weighted by Gasteiger charge is -2.25. The van der Waals surface area contributed by atoms with Crippen molar-refractivity contribution in [2.45, 2.75) is 45.1 Å². The van der Waals surface area contributed by atoms with Crippen molar-refractivity contribution in [2.75, 3.05) is 30.8 Å². The molecule has 0 bridgehead atoms. The molecule has 0 radical (unpaired) electrons. The second kappa shape index (κ2) is 7.97. The van der Waals surface area contributed by atoms with Gasteiger partial charge in [0.1, 0.15) is 0 Å². The van der Waals surface area contributed by atoms with Crippen LogP contribution in [0.1, 0.15) is 39.0 Å². The van der Waals surface area contributed by atoms with E-state index in [2.05, 4.69) is 32.5 Å². The van der Waals surface area contributed by atoms with Gasteiger partial charge in [-0.05, 0) is 31.6 Å². The summed E-state index contributed by atoms with van der Waals surface area (Å²) in [6.07, 6.45) is 4.80. The molecule has 1 aromatic rings. The van der Waals surface area contributed by atoms with Crippen LogP contribution in [0.2, 0.25) is 0 Å². The molecule has 0 aliphatic heterocycles. The zero-order chi connectivity index (χ0) is 15.1. The first-order valence-corrected chi connectivity index (χ1v) is 7.67. The van der Waals surface area contributed by atoms with Gasteiger partial charge < -0.3 is 20.5 Å². The molecule has 0 aromatic carbocycles. The van der Waals surface area contributed by atoms with Crippen LogP contribution in [-0.4, -0.2) is 46.4 Å². The number of rotatable bonds is 7. The van der Waals surface area contributed by atoms with E-state index in [1.54, 1.807) is 7.11 Å². The molecule has 1 aliphatic rings. The Morgan fingerprint density at radius 2 is 1.95 bits per heavy atom. The molecule has 1 aliphatic carbocycles. The minimum Gasteiger partial charge on any atom is -0.467 e. The summed E-state index contributed by atoms with van der Waals surface area (Å²) in [7, 11) is 1.54. The Labute approximate surface area is 125 Å². The van der Waals surface area contributed by atoms with Gasteiger partial charge in [-0.15, -0.1) is 0 Å². The summed E-state index contributed by atoms with van der Waals surface area (Å²) >= 11 is 0. The van der Waals surface area contributed by atoms with Crippen molar-refractivity contribution in [1.82, 2.24) is 15.0 Å². The summed E-state index contributed by atoms with van der Waals surface area (Å²) in [5.41, 5.74) is 0. The molecule has 1 fully saturated rings. The first-order chi connectivity index (χ1) is 10.2. The fourth-order valence-electron chi connectivity index (χ4n) is 2.53. The molecule has 2 unspecified atom stereocenters. The molecule has 1 saturated carbocycles. The Morgan fingerprint density at radius 3 is 2.62 bits per heavy atom. The third kappa shape index (κ3) is 5.00. The quantitative estimate of drug-likeness (QED) is 0.704. The van der Waals surface area contributed by atoms with E-state index < -0.39 is 0 Å². The Bertz CT molecular complexity index is 443. The molecule has 7 nitrogen and oxygen atoms in total. The molecule has 0 saturated heterocycles. The van der Waals surface area contributed by atoms with E-state index in [1.165, 1.54) is 0 Å². The third-order valence-corrected chi connectivity index (χ3v) is 3.63. The largest absolute Gasteiger partial charge is 0.467 e. The molecule has 2 atom stereocenters. The van der Waals surface area contributed by atoms with E-state index in [0.29, 0.717) is 23.8 Å². The average molecular weight is 295 g/mol. The Kier molecular flexibility index (Phi) is 5.98. The number of hydrogen-bond donors (Lipinski definition) is 3. The molecule has 0 amide bonds. The van der Waals surface area contributed by atoms with Crippen molar-refractivity contribution in [1.29, 1.82) is 0 Å². The van der Waals surface area contributed by atoms with Gasteiger partial charge in [0, 0.05) is 13.1 Å². The second-order valence-electron chi connectivity index (χ2n) is 5.46. The highest BCUT2D eigenvalue weighted by molar-refractivity contribution is 5.35. The van der Waals surface area contributed by atoms with Crippen LogP contribution in [0.5, 0.6) is 6.01 Å². The van der Waals surface area contributed by atoms with Gasteiger partial charge in [0.05, 0.1) is 13.2 Å². The Balaban J connectivity index is 1.94. The van der Waals surface area contributed by atoms with Crippen molar-refractivity contribution in [3.05, 3.63) is 0 Å². The monoisotopic (exact) mass is 295 g/mol. The van der Waals surface area contributed by atoms with E-state index >= 15 is 0 Å². The number of hydrogen-bond acceptors (Lipinski definition) is 7. The topological polar surface area (TPSA) is 92.2 Å². The summed E-state index contributed by atoms with van der Waals surface area (Å²) in [6.45, 7) is 3.65. The minimum absolute atomic E-state index is 0.166. The summed E-state index contributed by atoms with van der Waals surface area (Å²) in [5.74, 6) is 1.50. The smallest absolute Gasteiger partial charge is 0.322 e. The Hall–Kier alpha value is -1.63. The van der Waals surface area contributed by atoms with Crippen LogP contribution >= 0.6 is 0 Å². The van der Waals surface area contributed by atoms with E-state index in [0.717, 1.165) is 45.2 Å². The van der Waals surface area contributed by atoms with E-state index in [4.69, 9.17) is 4.74 Å². The number of aliphatic hydroxyl groups is 1. The first-order valence-electron chi connectivity index (χ1n) is 7.67. The molecular formula is C14H25N5O2. The van der Waals surface area contributed by atoms with Crippen LogP contribution in [0.4, 0.5) is 11.9 Å². The maximum absolute atomic E-state index is 9.70. The zero-order valence-corrected chi connectivity index (χ0v) is 12.8. The number of nitrogens with zero attached hydrogens (tertiary/aromatic N) is 3. The maximum Gasteiger partial charge on any atom is 0.322 e. The van der Waals surface area contributed by atoms with Crippen LogP contribution in [0.25, 0.3) is 0 Å². The van der Waals surface area contributed by atoms with Crippen LogP contribution in [0.15, 0.2) is 0 Å². The van der Waals surface area contributed by atoms with Gasteiger partial charge in [-0.25, -0.2) is 0 Å². The number of anilines is 2. The normalized spacial score (nSPS) is 21.9. The molecule has 21 heavy (non-hydrogen) atoms. The van der Waals surface area contributed by atoms with E-state index in [-0.39, 0.29) is 6.10 Å². The number of methoxy groups -OCH3 is 1. The summed E-state index contributed by atoms with van der Waals surface area (Å²) in [5, 5.41) is 16.1. The van der Waals surface area contributed by atoms with Crippen molar-refractivity contribution in [3.63, 3.8) is 0 Å². The van der Waals surface area contributed by atoms with Gasteiger partial charge >= 0.3 is 6.01 Å². The highest BCUT2D eigenvalue weighted by atomic mass is 16.5. The summed E-state index contributed by atoms with van der Waals surface area (Å²) < 4.78 is 5.10. The van der Waals surface area contributed by atoms with Gasteiger partial charge in [-0.1, -0.05) is 13.3 Å². The highest BCUT2D eigenvalue weighted by Crippen LogP contribution is 2.24. The summed E-state index contributed by atoms with van der Waals surface area (Å²) in [6, 6.07) is 0.301. The molecule has 118 valence electrons. The molecule has 7 heteroatoms. The highest BCUT2D eigenvalue weighted by Gasteiger charge is 2.20. The second-order valence-corrected chi connectivity index (χ2v) is 5.46. The van der Waals surface area contributed by atoms with Crippen LogP contribution in [0, 0.1) is 5.92 Å². The van der Waals surface area contributed by atoms with E-state index in [9.17, 15) is 5.11 Å². The molecule has 3 N–H and O–H groups in total. The maximum atomic E-state index is 9.70. The number of ether oxygens (including phenoxy) is 1. The lowest BCUT2D eigenvalue weighted by molar-refractivity contribution is 0.104. The van der Waals surface area contributed by atoms with Crippen LogP contribution < -0.4 is 15.4 Å². The predicted molar refractivity (Wildman–Crippen MR) is 81.6 cm³/mol. The minimum atomic E-state index is -0.166. The number of nitrogens with one attached hydrogen (secondary N) is 2. The number of aromatic nitrogens is 3. The van der Waals surface area contributed by atoms with E-state index in [1.807, 2.05) is 0 Å². The van der Waals surface area contributed by atoms with Gasteiger partial charge in [0.2, 0.25) is 11.9 Å². The fraction of sp³-hybridized carbons (Fsp3) is 0.786. The van der Waals surface area contributed by atoms with Crippen molar-refractivity contribution < 1.29 is 9.84 Å². The first kappa shape index (κ1) is 15.8. The average Bonchev–Trinajstić information content (AvgIpc) is 2.51. The van der Waals surface area contributed by atoms with Gasteiger partial charge in [0.25, 0.3) is 0 Å². The van der Waals surface area contributed by atoms with Crippen molar-refractivity contribution >= 4 is 11.9 Å². The van der Waals surface area contributed by atoms with Crippen LogP contribution in [-0.2, 0) is 0 Å². The van der Waals surface area contributed by atoms with Crippen molar-refractivity contribution in [3.8, 4) is 6.01 Å². The molecule has 1 heterocycles. The third-order valence-electron chi connectivity index (χ3n) is 3.63. The van der Waals surface area contributed by atoms with Gasteiger partial charge in [-0.2, -0.15) is 15.0 Å². The lowest BCUT2D eigenvalue weighted by Crippen LogP contribution is -2.25.